The molecule has 0 radical (unpaired) electrons. The largest absolute Gasteiger partial charge is 0.271 e. The number of benzene rings is 2. The molecular formula is C18H17ClN2O2S2. The van der Waals surface area contributed by atoms with Crippen LogP contribution in [-0.2, 0) is 10.0 Å². The summed E-state index contributed by atoms with van der Waals surface area (Å²) in [5, 5.41) is 3.56. The predicted octanol–water partition coefficient (Wildman–Crippen LogP) is 4.92. The van der Waals surface area contributed by atoms with Crippen LogP contribution >= 0.6 is 22.9 Å². The van der Waals surface area contributed by atoms with Crippen LogP contribution in [0, 0.1) is 0 Å². The fourth-order valence-corrected chi connectivity index (χ4v) is 4.56. The molecule has 0 aliphatic heterocycles. The van der Waals surface area contributed by atoms with E-state index in [0.29, 0.717) is 17.3 Å². The van der Waals surface area contributed by atoms with Gasteiger partial charge in [-0.1, -0.05) is 35.9 Å². The maximum atomic E-state index is 11.8. The molecule has 1 heterocycles. The average molecular weight is 393 g/mol. The number of rotatable bonds is 5. The van der Waals surface area contributed by atoms with E-state index in [9.17, 15) is 8.42 Å². The molecule has 0 bridgehead atoms. The highest BCUT2D eigenvalue weighted by Gasteiger charge is 2.15. The third-order valence-corrected chi connectivity index (χ3v) is 6.11. The lowest BCUT2D eigenvalue weighted by Gasteiger charge is -2.20. The monoisotopic (exact) mass is 392 g/mol. The Hall–Kier alpha value is -1.89. The highest BCUT2D eigenvalue weighted by Crippen LogP contribution is 2.31. The third-order valence-electron chi connectivity index (χ3n) is 3.71. The Morgan fingerprint density at radius 1 is 1.12 bits per heavy atom. The molecule has 0 saturated heterocycles. The van der Waals surface area contributed by atoms with Gasteiger partial charge >= 0.3 is 0 Å². The second kappa shape index (κ2) is 7.15. The van der Waals surface area contributed by atoms with Crippen LogP contribution in [0.15, 0.2) is 53.9 Å². The van der Waals surface area contributed by atoms with Crippen LogP contribution < -0.4 is 4.31 Å². The van der Waals surface area contributed by atoms with Gasteiger partial charge in [-0.05, 0) is 31.2 Å². The quantitative estimate of drug-likeness (QED) is 0.619. The molecule has 0 aliphatic rings. The molecular weight excluding hydrogens is 376 g/mol. The van der Waals surface area contributed by atoms with E-state index in [4.69, 9.17) is 11.6 Å². The first-order valence-electron chi connectivity index (χ1n) is 7.68. The van der Waals surface area contributed by atoms with Gasteiger partial charge in [0.15, 0.2) is 0 Å². The van der Waals surface area contributed by atoms with Crippen molar-refractivity contribution in [2.24, 2.45) is 0 Å². The fourth-order valence-electron chi connectivity index (χ4n) is 2.57. The van der Waals surface area contributed by atoms with Gasteiger partial charge in [0.05, 0.1) is 17.6 Å². The highest BCUT2D eigenvalue weighted by atomic mass is 35.5. The lowest BCUT2D eigenvalue weighted by atomic mass is 10.1. The summed E-state index contributed by atoms with van der Waals surface area (Å²) < 4.78 is 25.0. The molecule has 0 spiro atoms. The van der Waals surface area contributed by atoms with Crippen LogP contribution in [0.2, 0.25) is 5.02 Å². The van der Waals surface area contributed by atoms with Gasteiger partial charge in [-0.3, -0.25) is 4.31 Å². The Kier molecular flexibility index (Phi) is 5.13. The van der Waals surface area contributed by atoms with Crippen LogP contribution in [0.5, 0.6) is 0 Å². The van der Waals surface area contributed by atoms with Crippen LogP contribution in [-0.4, -0.2) is 26.2 Å². The maximum absolute atomic E-state index is 11.8. The van der Waals surface area contributed by atoms with Crippen molar-refractivity contribution in [3.8, 4) is 21.8 Å². The predicted molar refractivity (Wildman–Crippen MR) is 106 cm³/mol. The van der Waals surface area contributed by atoms with Gasteiger partial charge in [-0.15, -0.1) is 11.3 Å². The SMILES string of the molecule is CCN(c1ccc(-c2csc(-c3cccc(Cl)c3)n2)cc1)S(C)(=O)=O. The van der Waals surface area contributed by atoms with E-state index < -0.39 is 10.0 Å². The summed E-state index contributed by atoms with van der Waals surface area (Å²) in [5.41, 5.74) is 3.43. The van der Waals surface area contributed by atoms with Gasteiger partial charge in [0.2, 0.25) is 10.0 Å². The molecule has 3 rings (SSSR count). The van der Waals surface area contributed by atoms with Crippen molar-refractivity contribution < 1.29 is 8.42 Å². The summed E-state index contributed by atoms with van der Waals surface area (Å²) in [6.07, 6.45) is 1.21. The molecule has 0 amide bonds. The first kappa shape index (κ1) is 17.9. The summed E-state index contributed by atoms with van der Waals surface area (Å²) in [6.45, 7) is 2.21. The number of nitrogens with zero attached hydrogens (tertiary/aromatic N) is 2. The molecule has 3 aromatic rings. The summed E-state index contributed by atoms with van der Waals surface area (Å²) in [5.74, 6) is 0. The number of hydrogen-bond donors (Lipinski definition) is 0. The molecule has 2 aromatic carbocycles. The van der Waals surface area contributed by atoms with E-state index in [1.807, 2.05) is 48.7 Å². The topological polar surface area (TPSA) is 50.3 Å². The molecule has 130 valence electrons. The Bertz CT molecular complexity index is 982. The maximum Gasteiger partial charge on any atom is 0.232 e. The van der Waals surface area contributed by atoms with Gasteiger partial charge in [0.1, 0.15) is 5.01 Å². The Balaban J connectivity index is 1.89. The molecule has 0 N–H and O–H groups in total. The Morgan fingerprint density at radius 2 is 1.84 bits per heavy atom. The number of sulfonamides is 1. The normalized spacial score (nSPS) is 11.5. The van der Waals surface area contributed by atoms with Crippen molar-refractivity contribution in [1.82, 2.24) is 4.98 Å². The number of anilines is 1. The lowest BCUT2D eigenvalue weighted by molar-refractivity contribution is 0.598. The van der Waals surface area contributed by atoms with Crippen LogP contribution in [0.25, 0.3) is 21.8 Å². The smallest absolute Gasteiger partial charge is 0.232 e. The van der Waals surface area contributed by atoms with Crippen molar-refractivity contribution in [2.75, 3.05) is 17.1 Å². The molecule has 25 heavy (non-hydrogen) atoms. The molecule has 0 atom stereocenters. The second-order valence-corrected chi connectivity index (χ2v) is 8.72. The van der Waals surface area contributed by atoms with Crippen LogP contribution in [0.1, 0.15) is 6.92 Å². The summed E-state index contributed by atoms with van der Waals surface area (Å²) in [7, 11) is -3.27. The van der Waals surface area contributed by atoms with Gasteiger partial charge in [-0.2, -0.15) is 0 Å². The lowest BCUT2D eigenvalue weighted by Crippen LogP contribution is -2.29. The van der Waals surface area contributed by atoms with Crippen molar-refractivity contribution in [1.29, 1.82) is 0 Å². The minimum absolute atomic E-state index is 0.397. The molecule has 0 fully saturated rings. The van der Waals surface area contributed by atoms with E-state index in [2.05, 4.69) is 4.98 Å². The third kappa shape index (κ3) is 4.03. The van der Waals surface area contributed by atoms with E-state index >= 15 is 0 Å². The molecule has 0 unspecified atom stereocenters. The summed E-state index contributed by atoms with van der Waals surface area (Å²) in [4.78, 5) is 4.66. The average Bonchev–Trinajstić information content (AvgIpc) is 3.05. The Morgan fingerprint density at radius 3 is 2.44 bits per heavy atom. The zero-order chi connectivity index (χ0) is 18.0. The number of thiazole rings is 1. The minimum Gasteiger partial charge on any atom is -0.271 e. The van der Waals surface area contributed by atoms with Gasteiger partial charge in [0.25, 0.3) is 0 Å². The second-order valence-electron chi connectivity index (χ2n) is 5.52. The minimum atomic E-state index is -3.27. The number of hydrogen-bond acceptors (Lipinski definition) is 4. The van der Waals surface area contributed by atoms with Crippen LogP contribution in [0.3, 0.4) is 0 Å². The number of halogens is 1. The van der Waals surface area contributed by atoms with E-state index in [-0.39, 0.29) is 0 Å². The van der Waals surface area contributed by atoms with Crippen molar-refractivity contribution in [2.45, 2.75) is 6.92 Å². The highest BCUT2D eigenvalue weighted by molar-refractivity contribution is 7.92. The van der Waals surface area contributed by atoms with Gasteiger partial charge < -0.3 is 0 Å². The van der Waals surface area contributed by atoms with E-state index in [1.165, 1.54) is 10.6 Å². The molecule has 4 nitrogen and oxygen atoms in total. The standard InChI is InChI=1S/C18H17ClN2O2S2/c1-3-21(25(2,22)23)16-9-7-13(8-10-16)17-12-24-18(20-17)14-5-4-6-15(19)11-14/h4-12H,3H2,1-2H3. The molecule has 0 saturated carbocycles. The Labute approximate surface area is 156 Å². The zero-order valence-electron chi connectivity index (χ0n) is 13.8. The van der Waals surface area contributed by atoms with Crippen molar-refractivity contribution in [3.63, 3.8) is 0 Å². The van der Waals surface area contributed by atoms with Gasteiger partial charge in [-0.25, -0.2) is 13.4 Å². The number of aromatic nitrogens is 1. The molecule has 1 aromatic heterocycles. The molecule has 7 heteroatoms. The first-order valence-corrected chi connectivity index (χ1v) is 10.8. The molecule has 0 aliphatic carbocycles. The van der Waals surface area contributed by atoms with Gasteiger partial charge in [0, 0.05) is 28.1 Å². The summed E-state index contributed by atoms with van der Waals surface area (Å²) in [6, 6.07) is 15.0. The van der Waals surface area contributed by atoms with E-state index in [0.717, 1.165) is 21.8 Å². The van der Waals surface area contributed by atoms with Crippen molar-refractivity contribution in [3.05, 3.63) is 58.9 Å². The van der Waals surface area contributed by atoms with Crippen molar-refractivity contribution >= 4 is 38.6 Å². The summed E-state index contributed by atoms with van der Waals surface area (Å²) >= 11 is 7.59. The van der Waals surface area contributed by atoms with Crippen LogP contribution in [0.4, 0.5) is 5.69 Å². The van der Waals surface area contributed by atoms with E-state index in [1.54, 1.807) is 23.5 Å². The zero-order valence-corrected chi connectivity index (χ0v) is 16.2. The first-order chi connectivity index (χ1) is 11.9. The fraction of sp³-hybridized carbons (Fsp3) is 0.167.